The molecule has 0 fully saturated rings. The van der Waals surface area contributed by atoms with Gasteiger partial charge < -0.3 is 57.5 Å². The molecule has 0 atom stereocenters. The molecular formula is H13NaO12Si3. The van der Waals surface area contributed by atoms with Gasteiger partial charge in [-0.25, -0.2) is 0 Å². The van der Waals surface area contributed by atoms with E-state index in [2.05, 4.69) is 0 Å². The van der Waals surface area contributed by atoms with Gasteiger partial charge in [-0.2, -0.15) is 0 Å². The predicted molar refractivity (Wildman–Crippen MR) is 51.0 cm³/mol. The molecule has 0 aromatic rings. The zero-order valence-electron chi connectivity index (χ0n) is 6.87. The van der Waals surface area contributed by atoms with E-state index in [9.17, 15) is 0 Å². The van der Waals surface area contributed by atoms with Crippen molar-refractivity contribution in [2.75, 3.05) is 0 Å². The van der Waals surface area contributed by atoms with E-state index in [4.69, 9.17) is 57.5 Å². The minimum absolute atomic E-state index is 0. The van der Waals surface area contributed by atoms with Gasteiger partial charge in [0.2, 0.25) is 0 Å². The van der Waals surface area contributed by atoms with E-state index in [1.165, 1.54) is 0 Å². The second-order valence-electron chi connectivity index (χ2n) is 1.80. The van der Waals surface area contributed by atoms with Gasteiger partial charge in [-0.05, 0) is 0 Å². The molecule has 0 aromatic heterocycles. The van der Waals surface area contributed by atoms with Crippen molar-refractivity contribution in [3.8, 4) is 0 Å². The summed E-state index contributed by atoms with van der Waals surface area (Å²) in [6.07, 6.45) is 0. The van der Waals surface area contributed by atoms with Crippen LogP contribution in [0.15, 0.2) is 0 Å². The van der Waals surface area contributed by atoms with Crippen molar-refractivity contribution < 1.29 is 57.5 Å². The summed E-state index contributed by atoms with van der Waals surface area (Å²) in [5, 5.41) is 0. The Balaban J connectivity index is -0.0000000655. The van der Waals surface area contributed by atoms with Crippen LogP contribution in [-0.4, -0.2) is 114 Å². The zero-order valence-corrected chi connectivity index (χ0v) is 9.87. The summed E-state index contributed by atoms with van der Waals surface area (Å²) in [6.45, 7) is 0. The fraction of sp³-hybridized carbons (Fsp3) is 0. The van der Waals surface area contributed by atoms with E-state index in [1.54, 1.807) is 0 Å². The first kappa shape index (κ1) is 25.9. The summed E-state index contributed by atoms with van der Waals surface area (Å²) in [6, 6.07) is 0. The fourth-order valence-electron chi connectivity index (χ4n) is 0. The number of hydrogen-bond acceptors (Lipinski definition) is 12. The molecule has 98 valence electrons. The summed E-state index contributed by atoms with van der Waals surface area (Å²) >= 11 is 0. The van der Waals surface area contributed by atoms with Crippen LogP contribution in [0.4, 0.5) is 0 Å². The molecule has 0 saturated carbocycles. The van der Waals surface area contributed by atoms with Crippen molar-refractivity contribution in [2.24, 2.45) is 0 Å². The van der Waals surface area contributed by atoms with Crippen LogP contribution in [0.2, 0.25) is 0 Å². The molecule has 0 unspecified atom stereocenters. The maximum atomic E-state index is 7.33. The van der Waals surface area contributed by atoms with Crippen LogP contribution < -0.4 is 0 Å². The van der Waals surface area contributed by atoms with E-state index in [0.717, 1.165) is 0 Å². The van der Waals surface area contributed by atoms with Crippen LogP contribution in [0.5, 0.6) is 0 Å². The van der Waals surface area contributed by atoms with Gasteiger partial charge in [0.15, 0.2) is 0 Å². The standard InChI is InChI=1S/Na.3H4O4Si.H/c;3*1-5(2,3)4;/h;3*1-4H;. The Hall–Kier alpha value is 1.17. The average molecular weight is 312 g/mol. The van der Waals surface area contributed by atoms with Crippen LogP contribution in [0.1, 0.15) is 0 Å². The molecule has 0 rings (SSSR count). The molecule has 0 aliphatic carbocycles. The van der Waals surface area contributed by atoms with Gasteiger partial charge in [0.05, 0.1) is 0 Å². The molecule has 12 nitrogen and oxygen atoms in total. The van der Waals surface area contributed by atoms with E-state index in [0.29, 0.717) is 0 Å². The number of rotatable bonds is 0. The Kier molecular flexibility index (Phi) is 16.4. The molecule has 16 heavy (non-hydrogen) atoms. The van der Waals surface area contributed by atoms with Crippen LogP contribution in [0.25, 0.3) is 0 Å². The third-order valence-electron chi connectivity index (χ3n) is 0. The monoisotopic (exact) mass is 312 g/mol. The summed E-state index contributed by atoms with van der Waals surface area (Å²) in [7, 11) is -13.8. The first-order chi connectivity index (χ1) is 6.00. The molecule has 0 amide bonds. The Labute approximate surface area is 114 Å². The quantitative estimate of drug-likeness (QED) is 0.186. The molecule has 0 saturated heterocycles. The Morgan fingerprint density at radius 1 is 0.312 bits per heavy atom. The van der Waals surface area contributed by atoms with Gasteiger partial charge >= 0.3 is 56.7 Å². The summed E-state index contributed by atoms with van der Waals surface area (Å²) in [5.74, 6) is 0. The van der Waals surface area contributed by atoms with Crippen LogP contribution >= 0.6 is 0 Å². The molecule has 0 aromatic carbocycles. The topological polar surface area (TPSA) is 243 Å². The van der Waals surface area contributed by atoms with E-state index in [1.807, 2.05) is 0 Å². The first-order valence-corrected chi connectivity index (χ1v) is 8.05. The third kappa shape index (κ3) is 2220. The maximum absolute atomic E-state index is 7.33. The zero-order chi connectivity index (χ0) is 13.5. The van der Waals surface area contributed by atoms with Gasteiger partial charge in [0, 0.05) is 0 Å². The SMILES string of the molecule is O[Si](O)(O)O.O[Si](O)(O)O.O[Si](O)(O)O.[NaH]. The van der Waals surface area contributed by atoms with Crippen molar-refractivity contribution in [3.05, 3.63) is 0 Å². The summed E-state index contributed by atoms with van der Waals surface area (Å²) in [5.41, 5.74) is 0. The third-order valence-corrected chi connectivity index (χ3v) is 0. The molecule has 0 heterocycles. The summed E-state index contributed by atoms with van der Waals surface area (Å²) < 4.78 is 0. The second kappa shape index (κ2) is 10.1. The van der Waals surface area contributed by atoms with Crippen LogP contribution in [0.3, 0.4) is 0 Å². The van der Waals surface area contributed by atoms with Crippen LogP contribution in [-0.2, 0) is 0 Å². The molecule has 0 bridgehead atoms. The van der Waals surface area contributed by atoms with Crippen molar-refractivity contribution in [1.29, 1.82) is 0 Å². The van der Waals surface area contributed by atoms with Crippen molar-refractivity contribution in [2.45, 2.75) is 0 Å². The number of hydrogen-bond donors (Lipinski definition) is 12. The minimum atomic E-state index is -4.61. The van der Waals surface area contributed by atoms with Gasteiger partial charge in [-0.15, -0.1) is 0 Å². The normalized spacial score (nSPS) is 11.2. The first-order valence-electron chi connectivity index (χ1n) is 2.68. The van der Waals surface area contributed by atoms with E-state index < -0.39 is 27.1 Å². The van der Waals surface area contributed by atoms with E-state index in [-0.39, 0.29) is 29.6 Å². The second-order valence-corrected chi connectivity index (χ2v) is 5.40. The Bertz CT molecular complexity index is 91.3. The van der Waals surface area contributed by atoms with Gasteiger partial charge in [-0.1, -0.05) is 0 Å². The van der Waals surface area contributed by atoms with Gasteiger partial charge in [0.25, 0.3) is 0 Å². The average Bonchev–Trinajstić information content (AvgIpc) is 1.41. The van der Waals surface area contributed by atoms with Crippen molar-refractivity contribution in [1.82, 2.24) is 0 Å². The Morgan fingerprint density at radius 3 is 0.312 bits per heavy atom. The fourth-order valence-corrected chi connectivity index (χ4v) is 0. The van der Waals surface area contributed by atoms with Gasteiger partial charge in [0.1, 0.15) is 0 Å². The van der Waals surface area contributed by atoms with E-state index >= 15 is 0 Å². The molecule has 0 aliphatic rings. The molecule has 16 heteroatoms. The van der Waals surface area contributed by atoms with Crippen molar-refractivity contribution in [3.63, 3.8) is 0 Å². The molecule has 0 aliphatic heterocycles. The predicted octanol–water partition coefficient (Wildman–Crippen LogP) is -8.47. The van der Waals surface area contributed by atoms with Crippen molar-refractivity contribution >= 4 is 56.7 Å². The molecule has 0 radical (unpaired) electrons. The Morgan fingerprint density at radius 2 is 0.312 bits per heavy atom. The molecule has 0 spiro atoms. The van der Waals surface area contributed by atoms with Crippen LogP contribution in [0, 0.1) is 0 Å². The molecular weight excluding hydrogens is 299 g/mol. The summed E-state index contributed by atoms with van der Waals surface area (Å²) in [4.78, 5) is 87.9. The molecule has 12 N–H and O–H groups in total. The van der Waals surface area contributed by atoms with Gasteiger partial charge in [-0.3, -0.25) is 0 Å².